The zero-order chi connectivity index (χ0) is 66.3. The first-order valence-electron chi connectivity index (χ1n) is 37.2. The van der Waals surface area contributed by atoms with Gasteiger partial charge in [-0.15, -0.1) is 0 Å². The molecular formula is C83H108O12. The normalized spacial score (nSPS) is 35.3. The number of carbonyl (C=O) groups is 4. The summed E-state index contributed by atoms with van der Waals surface area (Å²) < 4.78 is 53.3. The van der Waals surface area contributed by atoms with Crippen LogP contribution in [-0.4, -0.2) is 72.7 Å². The third kappa shape index (κ3) is 13.7. The highest BCUT2D eigenvalue weighted by atomic mass is 16.6. The molecule has 0 heterocycles. The van der Waals surface area contributed by atoms with E-state index in [2.05, 4.69) is 106 Å². The van der Waals surface area contributed by atoms with Gasteiger partial charge in [0.2, 0.25) is 0 Å². The van der Waals surface area contributed by atoms with Gasteiger partial charge in [-0.1, -0.05) is 91.1 Å². The molecule has 12 nitrogen and oxygen atoms in total. The van der Waals surface area contributed by atoms with Gasteiger partial charge in [-0.2, -0.15) is 0 Å². The first-order chi connectivity index (χ1) is 45.4. The van der Waals surface area contributed by atoms with Crippen molar-refractivity contribution in [3.8, 4) is 23.0 Å². The number of aryl methyl sites for hydroxylation is 4. The minimum atomic E-state index is -0.567. The summed E-state index contributed by atoms with van der Waals surface area (Å²) in [6.45, 7) is 20.6. The summed E-state index contributed by atoms with van der Waals surface area (Å²) in [7, 11) is 0. The summed E-state index contributed by atoms with van der Waals surface area (Å²) in [5.74, 6) is 8.10. The SMILES string of the molecule is Cc1ccc(OCC(=O)OC2(C)C3CC4CC(C3)CC2C4)c(Cc2cc(C)cc(Cc3cc(C)cc(Cc4cc(C)ccc4OCC(=O)OC4(C)CCC5CC(C)CC4C5)c3OCC(=O)OC3(C)C4CC5CC(C4)CC3C5)c2OCC(=O)OC2(C)C3CCCC2CC(C)C3)c1. The van der Waals surface area contributed by atoms with E-state index in [4.69, 9.17) is 37.9 Å². The van der Waals surface area contributed by atoms with Gasteiger partial charge in [0.05, 0.1) is 0 Å². The molecule has 0 amide bonds. The molecule has 512 valence electrons. The van der Waals surface area contributed by atoms with Crippen molar-refractivity contribution in [3.05, 3.63) is 116 Å². The first-order valence-corrected chi connectivity index (χ1v) is 37.2. The van der Waals surface area contributed by atoms with Crippen LogP contribution in [0.15, 0.2) is 60.7 Å². The van der Waals surface area contributed by atoms with Crippen LogP contribution in [-0.2, 0) is 57.4 Å². The zero-order valence-corrected chi connectivity index (χ0v) is 58.8. The number of carbonyl (C=O) groups excluding carboxylic acids is 4. The van der Waals surface area contributed by atoms with E-state index in [1.807, 2.05) is 24.3 Å². The Balaban J connectivity index is 0.776. The summed E-state index contributed by atoms with van der Waals surface area (Å²) in [6, 6.07) is 20.6. The van der Waals surface area contributed by atoms with Crippen molar-refractivity contribution in [1.29, 1.82) is 0 Å². The van der Waals surface area contributed by atoms with Crippen molar-refractivity contribution >= 4 is 23.9 Å². The molecule has 4 aromatic rings. The highest BCUT2D eigenvalue weighted by Crippen LogP contribution is 2.61. The molecule has 12 aliphatic rings. The Labute approximate surface area is 566 Å². The Morgan fingerprint density at radius 2 is 0.695 bits per heavy atom. The Hall–Kier alpha value is -6.04. The molecule has 6 unspecified atom stereocenters. The van der Waals surface area contributed by atoms with Gasteiger partial charge in [0.25, 0.3) is 0 Å². The maximum atomic E-state index is 14.6. The fourth-order valence-electron chi connectivity index (χ4n) is 22.3. The Morgan fingerprint density at radius 1 is 0.358 bits per heavy atom. The summed E-state index contributed by atoms with van der Waals surface area (Å²) in [5.41, 5.74) is 7.05. The smallest absolute Gasteiger partial charge is 0.344 e. The molecule has 0 saturated heterocycles. The van der Waals surface area contributed by atoms with Crippen LogP contribution in [0, 0.1) is 111 Å². The largest absolute Gasteiger partial charge is 0.482 e. The average Bonchev–Trinajstić information content (AvgIpc) is 0.743. The van der Waals surface area contributed by atoms with E-state index in [1.54, 1.807) is 0 Å². The second-order valence-electron chi connectivity index (χ2n) is 33.9. The van der Waals surface area contributed by atoms with Crippen LogP contribution in [0.1, 0.15) is 226 Å². The molecule has 6 atom stereocenters. The molecule has 0 aliphatic heterocycles. The van der Waals surface area contributed by atoms with Crippen molar-refractivity contribution in [2.75, 3.05) is 26.4 Å². The summed E-state index contributed by atoms with van der Waals surface area (Å²) in [4.78, 5) is 57.1. The van der Waals surface area contributed by atoms with Crippen molar-refractivity contribution in [3.63, 3.8) is 0 Å². The van der Waals surface area contributed by atoms with Crippen LogP contribution >= 0.6 is 0 Å². The molecule has 4 aromatic carbocycles. The van der Waals surface area contributed by atoms with Crippen LogP contribution < -0.4 is 18.9 Å². The van der Waals surface area contributed by atoms with E-state index in [9.17, 15) is 19.2 Å². The maximum absolute atomic E-state index is 14.6. The Kier molecular flexibility index (Phi) is 18.3. The number of ether oxygens (including phenoxy) is 8. The van der Waals surface area contributed by atoms with Gasteiger partial charge < -0.3 is 37.9 Å². The van der Waals surface area contributed by atoms with Crippen molar-refractivity contribution in [2.45, 2.75) is 239 Å². The van der Waals surface area contributed by atoms with Crippen LogP contribution in [0.4, 0.5) is 0 Å². The average molecular weight is 1300 g/mol. The van der Waals surface area contributed by atoms with E-state index in [-0.39, 0.29) is 50.3 Å². The third-order valence-corrected chi connectivity index (χ3v) is 26.6. The molecule has 12 aliphatic carbocycles. The van der Waals surface area contributed by atoms with Crippen molar-refractivity contribution < 1.29 is 57.1 Å². The molecule has 0 spiro atoms. The van der Waals surface area contributed by atoms with Gasteiger partial charge in [-0.05, 0) is 306 Å². The molecular weight excluding hydrogens is 1190 g/mol. The predicted molar refractivity (Wildman–Crippen MR) is 366 cm³/mol. The first kappa shape index (κ1) is 66.2. The fraction of sp³-hybridized carbons (Fsp3) is 0.663. The zero-order valence-electron chi connectivity index (χ0n) is 58.8. The highest BCUT2D eigenvalue weighted by molar-refractivity contribution is 5.74. The Morgan fingerprint density at radius 3 is 1.12 bits per heavy atom. The number of fused-ring (bicyclic) bond motifs is 4. The molecule has 12 heteroatoms. The molecule has 12 fully saturated rings. The number of hydrogen-bond donors (Lipinski definition) is 0. The second kappa shape index (κ2) is 26.3. The molecule has 12 bridgehead atoms. The number of benzene rings is 4. The predicted octanol–water partition coefficient (Wildman–Crippen LogP) is 17.0. The topological polar surface area (TPSA) is 142 Å². The molecule has 16 rings (SSSR count). The lowest BCUT2D eigenvalue weighted by atomic mass is 9.50. The summed E-state index contributed by atoms with van der Waals surface area (Å²) in [6.07, 6.45) is 23.4. The lowest BCUT2D eigenvalue weighted by molar-refractivity contribution is -0.205. The molecule has 95 heavy (non-hydrogen) atoms. The summed E-state index contributed by atoms with van der Waals surface area (Å²) in [5, 5.41) is 0. The van der Waals surface area contributed by atoms with Crippen molar-refractivity contribution in [1.82, 2.24) is 0 Å². The van der Waals surface area contributed by atoms with E-state index in [0.717, 1.165) is 188 Å². The van der Waals surface area contributed by atoms with E-state index in [0.29, 0.717) is 101 Å². The lowest BCUT2D eigenvalue weighted by Gasteiger charge is -2.59. The second-order valence-corrected chi connectivity index (χ2v) is 33.9. The minimum absolute atomic E-state index is 0.207. The number of hydrogen-bond acceptors (Lipinski definition) is 12. The lowest BCUT2D eigenvalue weighted by Crippen LogP contribution is -2.58. The quantitative estimate of drug-likeness (QED) is 0.0546. The maximum Gasteiger partial charge on any atom is 0.344 e. The van der Waals surface area contributed by atoms with Crippen molar-refractivity contribution in [2.24, 2.45) is 82.9 Å². The van der Waals surface area contributed by atoms with Gasteiger partial charge >= 0.3 is 23.9 Å². The number of esters is 4. The molecule has 0 aromatic heterocycles. The minimum Gasteiger partial charge on any atom is -0.482 e. The van der Waals surface area contributed by atoms with Crippen LogP contribution in [0.25, 0.3) is 0 Å². The molecule has 12 saturated carbocycles. The van der Waals surface area contributed by atoms with Crippen LogP contribution in [0.2, 0.25) is 0 Å². The fourth-order valence-corrected chi connectivity index (χ4v) is 22.3. The molecule has 0 N–H and O–H groups in total. The van der Waals surface area contributed by atoms with E-state index in [1.165, 1.54) is 19.3 Å². The van der Waals surface area contributed by atoms with Gasteiger partial charge in [-0.3, -0.25) is 0 Å². The standard InChI is InChI=1S/C83H108O12/c1-48-14-16-72(88-44-74(84)92-80(7)19-18-54-20-50(3)29-67(80)32-54)59(21-48)41-61-23-51(4)26-64(79(61)91-47-77(87)95-83(10)70-37-57-31-58(39-70)40-71(83)38-57)43-63-25-52(5)24-62(78(63)90-46-76(86)93-81(8)65-12-11-13-66(81)28-53(6)27-65)42-60-22-49(2)15-17-73(60)89-45-75(85)94-82(9)68-33-55-30-56(35-68)36-69(82)34-55/h14-17,21-26,50,53-58,65-71H,11-13,18-20,27-47H2,1-10H3. The number of rotatable bonds is 22. The monoisotopic (exact) mass is 1300 g/mol. The van der Waals surface area contributed by atoms with E-state index < -0.39 is 22.4 Å². The van der Waals surface area contributed by atoms with Gasteiger partial charge in [-0.25, -0.2) is 19.2 Å². The van der Waals surface area contributed by atoms with Gasteiger partial charge in [0.1, 0.15) is 45.4 Å². The Bertz CT molecular complexity index is 3490. The van der Waals surface area contributed by atoms with Gasteiger partial charge in [0.15, 0.2) is 26.4 Å². The van der Waals surface area contributed by atoms with E-state index >= 15 is 0 Å². The van der Waals surface area contributed by atoms with Crippen LogP contribution in [0.3, 0.4) is 0 Å². The van der Waals surface area contributed by atoms with Gasteiger partial charge in [0, 0.05) is 19.3 Å². The molecule has 0 radical (unpaired) electrons. The third-order valence-electron chi connectivity index (χ3n) is 26.6. The van der Waals surface area contributed by atoms with Crippen LogP contribution in [0.5, 0.6) is 23.0 Å². The summed E-state index contributed by atoms with van der Waals surface area (Å²) >= 11 is 0. The highest BCUT2D eigenvalue weighted by Gasteiger charge is 2.59.